The smallest absolute Gasteiger partial charge is 0.230 e. The molecule has 1 aliphatic carbocycles. The van der Waals surface area contributed by atoms with Crippen molar-refractivity contribution in [2.24, 2.45) is 0 Å². The number of nitrogens with one attached hydrogen (secondary N) is 1. The van der Waals surface area contributed by atoms with Gasteiger partial charge in [-0.1, -0.05) is 49.2 Å². The number of ether oxygens (including phenoxy) is 2. The van der Waals surface area contributed by atoms with E-state index in [0.29, 0.717) is 31.4 Å². The zero-order chi connectivity index (χ0) is 20.8. The van der Waals surface area contributed by atoms with Crippen molar-refractivity contribution in [1.29, 1.82) is 0 Å². The van der Waals surface area contributed by atoms with Gasteiger partial charge in [0.15, 0.2) is 16.7 Å². The van der Waals surface area contributed by atoms with E-state index in [-0.39, 0.29) is 17.8 Å². The number of carbonyl (C=O) groups excluding carboxylic acids is 1. The third kappa shape index (κ3) is 4.98. The van der Waals surface area contributed by atoms with Crippen LogP contribution in [-0.4, -0.2) is 45.7 Å². The van der Waals surface area contributed by atoms with Crippen LogP contribution in [0.25, 0.3) is 0 Å². The van der Waals surface area contributed by atoms with Gasteiger partial charge in [0.05, 0.1) is 12.3 Å². The van der Waals surface area contributed by atoms with Crippen molar-refractivity contribution >= 4 is 17.7 Å². The van der Waals surface area contributed by atoms with Gasteiger partial charge in [0.25, 0.3) is 0 Å². The van der Waals surface area contributed by atoms with Crippen LogP contribution in [-0.2, 0) is 11.3 Å². The van der Waals surface area contributed by atoms with E-state index in [1.165, 1.54) is 31.0 Å². The molecule has 2 aliphatic rings. The van der Waals surface area contributed by atoms with Gasteiger partial charge in [-0.25, -0.2) is 0 Å². The van der Waals surface area contributed by atoms with Crippen LogP contribution >= 0.6 is 11.8 Å². The van der Waals surface area contributed by atoms with Crippen LogP contribution < -0.4 is 14.8 Å². The minimum Gasteiger partial charge on any atom is -0.486 e. The minimum atomic E-state index is -0.198. The average molecular weight is 429 g/mol. The number of hydrogen-bond acceptors (Lipinski definition) is 6. The maximum Gasteiger partial charge on any atom is 0.230 e. The van der Waals surface area contributed by atoms with E-state index in [2.05, 4.69) is 26.7 Å². The highest BCUT2D eigenvalue weighted by Gasteiger charge is 2.24. The van der Waals surface area contributed by atoms with Crippen molar-refractivity contribution in [3.05, 3.63) is 42.7 Å². The van der Waals surface area contributed by atoms with E-state index in [0.717, 1.165) is 29.6 Å². The van der Waals surface area contributed by atoms with E-state index in [4.69, 9.17) is 9.47 Å². The van der Waals surface area contributed by atoms with E-state index in [1.54, 1.807) is 0 Å². The Morgan fingerprint density at radius 3 is 2.83 bits per heavy atom. The van der Waals surface area contributed by atoms with Crippen LogP contribution in [0, 0.1) is 0 Å². The van der Waals surface area contributed by atoms with Crippen molar-refractivity contribution in [2.75, 3.05) is 18.9 Å². The van der Waals surface area contributed by atoms with Gasteiger partial charge < -0.3 is 19.4 Å². The Balaban J connectivity index is 1.28. The van der Waals surface area contributed by atoms with Crippen LogP contribution in [0.5, 0.6) is 11.5 Å². The van der Waals surface area contributed by atoms with Gasteiger partial charge in [-0.05, 0) is 25.0 Å². The number of fused-ring (bicyclic) bond motifs is 1. The lowest BCUT2D eigenvalue weighted by Gasteiger charge is -2.26. The Morgan fingerprint density at radius 2 is 2.03 bits per heavy atom. The average Bonchev–Trinajstić information content (AvgIpc) is 3.19. The minimum absolute atomic E-state index is 0.0603. The van der Waals surface area contributed by atoms with Crippen LogP contribution in [0.3, 0.4) is 0 Å². The number of amides is 1. The second-order valence-electron chi connectivity index (χ2n) is 7.67. The molecule has 30 heavy (non-hydrogen) atoms. The Kier molecular flexibility index (Phi) is 6.94. The van der Waals surface area contributed by atoms with Crippen molar-refractivity contribution in [3.63, 3.8) is 0 Å². The van der Waals surface area contributed by atoms with E-state index < -0.39 is 0 Å². The summed E-state index contributed by atoms with van der Waals surface area (Å²) in [6.45, 7) is 5.35. The molecule has 160 valence electrons. The first kappa shape index (κ1) is 20.8. The third-order valence-electron chi connectivity index (χ3n) is 5.45. The molecule has 1 aliphatic heterocycles. The molecule has 7 nitrogen and oxygen atoms in total. The van der Waals surface area contributed by atoms with E-state index in [1.807, 2.05) is 30.3 Å². The topological polar surface area (TPSA) is 78.3 Å². The Morgan fingerprint density at radius 1 is 1.23 bits per heavy atom. The summed E-state index contributed by atoms with van der Waals surface area (Å²) in [5, 5.41) is 12.5. The molecular weight excluding hydrogens is 400 g/mol. The van der Waals surface area contributed by atoms with Crippen molar-refractivity contribution in [1.82, 2.24) is 20.1 Å². The highest BCUT2D eigenvalue weighted by atomic mass is 32.2. The lowest BCUT2D eigenvalue weighted by Crippen LogP contribution is -2.41. The molecule has 1 saturated carbocycles. The van der Waals surface area contributed by atoms with Crippen molar-refractivity contribution in [3.8, 4) is 11.5 Å². The predicted octanol–water partition coefficient (Wildman–Crippen LogP) is 3.56. The monoisotopic (exact) mass is 428 g/mol. The third-order valence-corrected chi connectivity index (χ3v) is 6.42. The number of para-hydroxylation sites is 2. The van der Waals surface area contributed by atoms with Crippen LogP contribution in [0.4, 0.5) is 0 Å². The number of rotatable bonds is 8. The number of thioether (sulfide) groups is 1. The van der Waals surface area contributed by atoms with Gasteiger partial charge in [-0.2, -0.15) is 0 Å². The summed E-state index contributed by atoms with van der Waals surface area (Å²) in [5.74, 6) is 3.17. The lowest BCUT2D eigenvalue weighted by atomic mass is 9.89. The van der Waals surface area contributed by atoms with Gasteiger partial charge in [-0.15, -0.1) is 16.8 Å². The standard InChI is InChI=1S/C22H28N4O3S/c1-2-12-26-21(16-8-4-3-5-9-16)24-25-22(26)30-15-20(27)23-13-17-14-28-18-10-6-7-11-19(18)29-17/h2,6-7,10-11,16-17H,1,3-5,8-9,12-15H2,(H,23,27)/t17-/m0/s1. The molecule has 2 heterocycles. The zero-order valence-corrected chi connectivity index (χ0v) is 17.9. The molecule has 1 amide bonds. The largest absolute Gasteiger partial charge is 0.486 e. The van der Waals surface area contributed by atoms with Gasteiger partial charge >= 0.3 is 0 Å². The van der Waals surface area contributed by atoms with Gasteiger partial charge in [-0.3, -0.25) is 4.79 Å². The molecule has 1 aromatic heterocycles. The number of benzene rings is 1. The summed E-state index contributed by atoms with van der Waals surface area (Å²) in [7, 11) is 0. The summed E-state index contributed by atoms with van der Waals surface area (Å²) in [4.78, 5) is 12.4. The summed E-state index contributed by atoms with van der Waals surface area (Å²) >= 11 is 1.41. The summed E-state index contributed by atoms with van der Waals surface area (Å²) in [6.07, 6.45) is 7.77. The maximum absolute atomic E-state index is 12.4. The predicted molar refractivity (Wildman–Crippen MR) is 116 cm³/mol. The fourth-order valence-electron chi connectivity index (χ4n) is 3.94. The number of carbonyl (C=O) groups is 1. The molecule has 0 bridgehead atoms. The molecule has 2 aromatic rings. The highest BCUT2D eigenvalue weighted by Crippen LogP contribution is 2.33. The number of aromatic nitrogens is 3. The Labute approximate surface area is 181 Å². The molecule has 4 rings (SSSR count). The zero-order valence-electron chi connectivity index (χ0n) is 17.1. The first-order chi connectivity index (χ1) is 14.7. The SMILES string of the molecule is C=CCn1c(SCC(=O)NC[C@H]2COc3ccccc3O2)nnc1C1CCCCC1. The number of hydrogen-bond donors (Lipinski definition) is 1. The Bertz CT molecular complexity index is 879. The molecular formula is C22H28N4O3S. The highest BCUT2D eigenvalue weighted by molar-refractivity contribution is 7.99. The summed E-state index contributed by atoms with van der Waals surface area (Å²) < 4.78 is 13.7. The van der Waals surface area contributed by atoms with Crippen LogP contribution in [0.2, 0.25) is 0 Å². The second-order valence-corrected chi connectivity index (χ2v) is 8.61. The molecule has 1 fully saturated rings. The van der Waals surface area contributed by atoms with Crippen LogP contribution in [0.15, 0.2) is 42.1 Å². The quantitative estimate of drug-likeness (QED) is 0.512. The molecule has 0 radical (unpaired) electrons. The maximum atomic E-state index is 12.4. The lowest BCUT2D eigenvalue weighted by molar-refractivity contribution is -0.119. The van der Waals surface area contributed by atoms with Gasteiger partial charge in [0.1, 0.15) is 18.5 Å². The second kappa shape index (κ2) is 10.0. The fourth-order valence-corrected chi connectivity index (χ4v) is 4.73. The van der Waals surface area contributed by atoms with Gasteiger partial charge in [0, 0.05) is 12.5 Å². The first-order valence-electron chi connectivity index (χ1n) is 10.6. The molecule has 1 atom stereocenters. The summed E-state index contributed by atoms with van der Waals surface area (Å²) in [6, 6.07) is 7.56. The number of nitrogens with zero attached hydrogens (tertiary/aromatic N) is 3. The fraction of sp³-hybridized carbons (Fsp3) is 0.500. The van der Waals surface area contributed by atoms with Crippen LogP contribution in [0.1, 0.15) is 43.8 Å². The first-order valence-corrected chi connectivity index (χ1v) is 11.5. The molecule has 8 heteroatoms. The normalized spacial score (nSPS) is 18.7. The molecule has 1 N–H and O–H groups in total. The van der Waals surface area contributed by atoms with Crippen molar-refractivity contribution < 1.29 is 14.3 Å². The molecule has 0 spiro atoms. The Hall–Kier alpha value is -2.48. The van der Waals surface area contributed by atoms with E-state index in [9.17, 15) is 4.79 Å². The molecule has 1 aromatic carbocycles. The van der Waals surface area contributed by atoms with Gasteiger partial charge in [0.2, 0.25) is 5.91 Å². The summed E-state index contributed by atoms with van der Waals surface area (Å²) in [5.41, 5.74) is 0. The molecule has 0 saturated heterocycles. The van der Waals surface area contributed by atoms with E-state index >= 15 is 0 Å². The number of allylic oxidation sites excluding steroid dienone is 1. The molecule has 0 unspecified atom stereocenters. The van der Waals surface area contributed by atoms with Crippen molar-refractivity contribution in [2.45, 2.75) is 55.8 Å².